The Bertz CT molecular complexity index is 533. The first-order chi connectivity index (χ1) is 10.0. The zero-order valence-corrected chi connectivity index (χ0v) is 14.1. The van der Waals surface area contributed by atoms with Gasteiger partial charge in [-0.05, 0) is 37.2 Å². The summed E-state index contributed by atoms with van der Waals surface area (Å²) in [5, 5.41) is 3.66. The lowest BCUT2D eigenvalue weighted by Crippen LogP contribution is -2.14. The summed E-state index contributed by atoms with van der Waals surface area (Å²) in [4.78, 5) is 25.3. The van der Waals surface area contributed by atoms with E-state index in [4.69, 9.17) is 0 Å². The van der Waals surface area contributed by atoms with Crippen LogP contribution in [0.25, 0.3) is 0 Å². The van der Waals surface area contributed by atoms with Gasteiger partial charge in [0.1, 0.15) is 5.00 Å². The van der Waals surface area contributed by atoms with Crippen LogP contribution in [-0.2, 0) is 17.6 Å². The van der Waals surface area contributed by atoms with Gasteiger partial charge in [-0.3, -0.25) is 9.59 Å². The van der Waals surface area contributed by atoms with Gasteiger partial charge in [0.15, 0.2) is 5.78 Å². The Morgan fingerprint density at radius 2 is 2.10 bits per heavy atom. The van der Waals surface area contributed by atoms with Crippen LogP contribution in [0.4, 0.5) is 5.00 Å². The summed E-state index contributed by atoms with van der Waals surface area (Å²) in [6.45, 7) is 5.89. The van der Waals surface area contributed by atoms with Gasteiger partial charge in [-0.15, -0.1) is 11.3 Å². The molecule has 1 aliphatic rings. The first kappa shape index (κ1) is 16.2. The summed E-state index contributed by atoms with van der Waals surface area (Å²) in [7, 11) is 0. The molecule has 0 spiro atoms. The van der Waals surface area contributed by atoms with Crippen molar-refractivity contribution in [3.8, 4) is 0 Å². The van der Waals surface area contributed by atoms with Gasteiger partial charge in [0.05, 0.1) is 5.56 Å². The number of thiophene rings is 1. The number of anilines is 1. The van der Waals surface area contributed by atoms with Crippen molar-refractivity contribution in [2.45, 2.75) is 65.7 Å². The van der Waals surface area contributed by atoms with E-state index in [-0.39, 0.29) is 11.7 Å². The first-order valence-corrected chi connectivity index (χ1v) is 8.79. The van der Waals surface area contributed by atoms with E-state index in [0.29, 0.717) is 12.3 Å². The molecule has 0 bridgehead atoms. The minimum Gasteiger partial charge on any atom is -0.317 e. The Kier molecular flexibility index (Phi) is 5.57. The summed E-state index contributed by atoms with van der Waals surface area (Å²) >= 11 is 1.61. The van der Waals surface area contributed by atoms with Gasteiger partial charge in [0.25, 0.3) is 0 Å². The van der Waals surface area contributed by atoms with Crippen LogP contribution in [0, 0.1) is 5.92 Å². The number of Topliss-reactive ketones (excluding diaryl/α,β-unsaturated/α-hetero) is 1. The van der Waals surface area contributed by atoms with Crippen LogP contribution in [0.1, 0.15) is 73.7 Å². The van der Waals surface area contributed by atoms with Crippen molar-refractivity contribution >= 4 is 28.0 Å². The Balaban J connectivity index is 2.28. The monoisotopic (exact) mass is 307 g/mol. The number of hydrogen-bond acceptors (Lipinski definition) is 3. The molecular formula is C17H25NO2S. The van der Waals surface area contributed by atoms with Crippen LogP contribution in [0.3, 0.4) is 0 Å². The van der Waals surface area contributed by atoms with E-state index in [9.17, 15) is 9.59 Å². The maximum atomic E-state index is 12.6. The number of fused-ring (bicyclic) bond motifs is 1. The summed E-state index contributed by atoms with van der Waals surface area (Å²) < 4.78 is 0. The van der Waals surface area contributed by atoms with Crippen molar-refractivity contribution in [2.75, 3.05) is 5.32 Å². The van der Waals surface area contributed by atoms with Gasteiger partial charge in [-0.2, -0.15) is 0 Å². The average Bonchev–Trinajstić information content (AvgIpc) is 2.75. The molecule has 1 unspecified atom stereocenters. The second kappa shape index (κ2) is 7.21. The minimum atomic E-state index is -0.0933. The number of aryl methyl sites for hydroxylation is 1. The fraction of sp³-hybridized carbons (Fsp3) is 0.647. The first-order valence-electron chi connectivity index (χ1n) is 7.98. The predicted molar refractivity (Wildman–Crippen MR) is 88.3 cm³/mol. The van der Waals surface area contributed by atoms with Gasteiger partial charge in [-0.1, -0.05) is 26.7 Å². The highest BCUT2D eigenvalue weighted by molar-refractivity contribution is 7.17. The molecule has 1 aromatic rings. The van der Waals surface area contributed by atoms with Gasteiger partial charge < -0.3 is 5.32 Å². The molecule has 1 amide bonds. The molecule has 3 nitrogen and oxygen atoms in total. The Morgan fingerprint density at radius 3 is 2.76 bits per heavy atom. The molecule has 1 N–H and O–H groups in total. The van der Waals surface area contributed by atoms with Crippen LogP contribution in [0.15, 0.2) is 0 Å². The van der Waals surface area contributed by atoms with E-state index in [1.807, 2.05) is 0 Å². The fourth-order valence-corrected chi connectivity index (χ4v) is 4.27. The van der Waals surface area contributed by atoms with Crippen molar-refractivity contribution in [3.05, 3.63) is 16.0 Å². The molecule has 1 heterocycles. The average molecular weight is 307 g/mol. The molecule has 4 heteroatoms. The zero-order chi connectivity index (χ0) is 15.4. The molecule has 116 valence electrons. The van der Waals surface area contributed by atoms with Crippen LogP contribution >= 0.6 is 11.3 Å². The molecule has 1 aliphatic carbocycles. The molecule has 0 aliphatic heterocycles. The van der Waals surface area contributed by atoms with Crippen LogP contribution in [0.5, 0.6) is 0 Å². The Hall–Kier alpha value is -1.16. The molecule has 21 heavy (non-hydrogen) atoms. The van der Waals surface area contributed by atoms with E-state index < -0.39 is 0 Å². The molecule has 1 atom stereocenters. The van der Waals surface area contributed by atoms with E-state index in [2.05, 4.69) is 19.2 Å². The lowest BCUT2D eigenvalue weighted by molar-refractivity contribution is -0.114. The third-order valence-electron chi connectivity index (χ3n) is 4.08. The highest BCUT2D eigenvalue weighted by Crippen LogP contribution is 2.40. The summed E-state index contributed by atoms with van der Waals surface area (Å²) in [5.74, 6) is 0.738. The molecular weight excluding hydrogens is 282 g/mol. The number of rotatable bonds is 6. The maximum Gasteiger partial charge on any atom is 0.221 e. The maximum absolute atomic E-state index is 12.6. The highest BCUT2D eigenvalue weighted by atomic mass is 32.1. The molecule has 0 aromatic carbocycles. The van der Waals surface area contributed by atoms with Gasteiger partial charge in [0, 0.05) is 18.2 Å². The van der Waals surface area contributed by atoms with Gasteiger partial charge >= 0.3 is 0 Å². The minimum absolute atomic E-state index is 0.0933. The third-order valence-corrected chi connectivity index (χ3v) is 5.29. The lowest BCUT2D eigenvalue weighted by Gasteiger charge is -2.19. The van der Waals surface area contributed by atoms with Crippen molar-refractivity contribution in [3.63, 3.8) is 0 Å². The number of ketones is 1. The SMILES string of the molecule is CCCCCC(=O)c1c(NC(C)=O)sc2c1CC(C)CC2. The second-order valence-electron chi connectivity index (χ2n) is 6.12. The number of carbonyl (C=O) groups excluding carboxylic acids is 2. The van der Waals surface area contributed by atoms with E-state index in [1.165, 1.54) is 23.8 Å². The second-order valence-corrected chi connectivity index (χ2v) is 7.22. The summed E-state index contributed by atoms with van der Waals surface area (Å²) in [6.07, 6.45) is 6.92. The van der Waals surface area contributed by atoms with E-state index in [0.717, 1.165) is 42.7 Å². The van der Waals surface area contributed by atoms with E-state index >= 15 is 0 Å². The van der Waals surface area contributed by atoms with Gasteiger partial charge in [0.2, 0.25) is 5.91 Å². The quantitative estimate of drug-likeness (QED) is 0.617. The molecule has 2 rings (SSSR count). The van der Waals surface area contributed by atoms with Crippen LogP contribution in [-0.4, -0.2) is 11.7 Å². The fourth-order valence-electron chi connectivity index (χ4n) is 2.96. The zero-order valence-electron chi connectivity index (χ0n) is 13.3. The van der Waals surface area contributed by atoms with Crippen molar-refractivity contribution in [1.82, 2.24) is 0 Å². The largest absolute Gasteiger partial charge is 0.317 e. The summed E-state index contributed by atoms with van der Waals surface area (Å²) in [5.41, 5.74) is 2.02. The number of nitrogens with one attached hydrogen (secondary N) is 1. The van der Waals surface area contributed by atoms with Crippen LogP contribution < -0.4 is 5.32 Å². The third kappa shape index (κ3) is 3.94. The van der Waals surface area contributed by atoms with Crippen molar-refractivity contribution in [2.24, 2.45) is 5.92 Å². The number of unbranched alkanes of at least 4 members (excludes halogenated alkanes) is 2. The molecule has 0 saturated carbocycles. The number of carbonyl (C=O) groups is 2. The van der Waals surface area contributed by atoms with Gasteiger partial charge in [-0.25, -0.2) is 0 Å². The standard InChI is InChI=1S/C17H25NO2S/c1-4-5-6-7-14(20)16-13-10-11(2)8-9-15(13)21-17(16)18-12(3)19/h11H,4-10H2,1-3H3,(H,18,19). The van der Waals surface area contributed by atoms with Crippen LogP contribution in [0.2, 0.25) is 0 Å². The number of hydrogen-bond donors (Lipinski definition) is 1. The Morgan fingerprint density at radius 1 is 1.33 bits per heavy atom. The molecule has 1 aromatic heterocycles. The topological polar surface area (TPSA) is 46.2 Å². The normalized spacial score (nSPS) is 17.4. The molecule has 0 fully saturated rings. The van der Waals surface area contributed by atoms with Crippen molar-refractivity contribution < 1.29 is 9.59 Å². The molecule has 0 radical (unpaired) electrons. The number of amides is 1. The van der Waals surface area contributed by atoms with E-state index in [1.54, 1.807) is 11.3 Å². The highest BCUT2D eigenvalue weighted by Gasteiger charge is 2.27. The molecule has 0 saturated heterocycles. The lowest BCUT2D eigenvalue weighted by atomic mass is 9.86. The Labute approximate surface area is 131 Å². The summed E-state index contributed by atoms with van der Waals surface area (Å²) in [6, 6.07) is 0. The van der Waals surface area contributed by atoms with Crippen molar-refractivity contribution in [1.29, 1.82) is 0 Å². The predicted octanol–water partition coefficient (Wildman–Crippen LogP) is 4.59. The smallest absolute Gasteiger partial charge is 0.221 e.